The molecule has 1 fully saturated rings. The summed E-state index contributed by atoms with van der Waals surface area (Å²) >= 11 is 5.69. The number of hydrogen-bond donors (Lipinski definition) is 0. The molecule has 0 saturated heterocycles. The highest BCUT2D eigenvalue weighted by Gasteiger charge is 2.52. The summed E-state index contributed by atoms with van der Waals surface area (Å²) in [6, 6.07) is 4.81. The van der Waals surface area contributed by atoms with Gasteiger partial charge in [-0.05, 0) is 31.0 Å². The molecule has 1 aromatic rings. The maximum Gasteiger partial charge on any atom is 0.411 e. The molecular formula is C12H14ClNO6S2. The summed E-state index contributed by atoms with van der Waals surface area (Å²) in [5.41, 5.74) is 0. The molecule has 0 aromatic heterocycles. The molecule has 1 saturated carbocycles. The van der Waals surface area contributed by atoms with Crippen molar-refractivity contribution in [2.45, 2.75) is 40.5 Å². The molecular weight excluding hydrogens is 354 g/mol. The van der Waals surface area contributed by atoms with Gasteiger partial charge in [0, 0.05) is 5.02 Å². The van der Waals surface area contributed by atoms with Crippen LogP contribution >= 0.6 is 11.6 Å². The lowest BCUT2D eigenvalue weighted by Crippen LogP contribution is -2.42. The van der Waals surface area contributed by atoms with Gasteiger partial charge in [-0.1, -0.05) is 30.5 Å². The fourth-order valence-electron chi connectivity index (χ4n) is 2.55. The van der Waals surface area contributed by atoms with Gasteiger partial charge >= 0.3 is 4.71 Å². The summed E-state index contributed by atoms with van der Waals surface area (Å²) in [4.78, 5) is 9.51. The molecule has 1 atom stereocenters. The monoisotopic (exact) mass is 367 g/mol. The van der Waals surface area contributed by atoms with Crippen LogP contribution in [0.5, 0.6) is 0 Å². The number of hydrogen-bond acceptors (Lipinski definition) is 6. The quantitative estimate of drug-likeness (QED) is 0.581. The van der Waals surface area contributed by atoms with Gasteiger partial charge < -0.3 is 0 Å². The van der Waals surface area contributed by atoms with Gasteiger partial charge in [0.15, 0.2) is 0 Å². The number of sulfone groups is 2. The summed E-state index contributed by atoms with van der Waals surface area (Å²) in [6.07, 6.45) is 1.73. The van der Waals surface area contributed by atoms with Crippen LogP contribution in [0.4, 0.5) is 0 Å². The maximum atomic E-state index is 12.4. The Kier molecular flexibility index (Phi) is 4.78. The molecule has 0 amide bonds. The van der Waals surface area contributed by atoms with E-state index >= 15 is 0 Å². The van der Waals surface area contributed by atoms with Gasteiger partial charge in [0.05, 0.1) is 15.1 Å². The van der Waals surface area contributed by atoms with Crippen molar-refractivity contribution < 1.29 is 21.8 Å². The van der Waals surface area contributed by atoms with Crippen molar-refractivity contribution in [1.82, 2.24) is 0 Å². The Balaban J connectivity index is 2.54. The lowest BCUT2D eigenvalue weighted by atomic mass is 10.4. The van der Waals surface area contributed by atoms with Gasteiger partial charge in [-0.2, -0.15) is 0 Å². The summed E-state index contributed by atoms with van der Waals surface area (Å²) in [5.74, 6) is 0. The third-order valence-corrected chi connectivity index (χ3v) is 9.16. The molecule has 1 aromatic carbocycles. The molecule has 0 aliphatic heterocycles. The van der Waals surface area contributed by atoms with Crippen molar-refractivity contribution in [3.8, 4) is 0 Å². The third kappa shape index (κ3) is 3.11. The van der Waals surface area contributed by atoms with Crippen molar-refractivity contribution >= 4 is 31.3 Å². The van der Waals surface area contributed by atoms with E-state index in [1.54, 1.807) is 0 Å². The molecule has 1 unspecified atom stereocenters. The minimum atomic E-state index is -4.69. The van der Waals surface area contributed by atoms with Crippen molar-refractivity contribution in [2.75, 3.05) is 0 Å². The Labute approximate surface area is 133 Å². The Bertz CT molecular complexity index is 784. The van der Waals surface area contributed by atoms with Crippen LogP contribution in [0.1, 0.15) is 25.7 Å². The van der Waals surface area contributed by atoms with Crippen LogP contribution in [0.2, 0.25) is 5.02 Å². The summed E-state index contributed by atoms with van der Waals surface area (Å²) < 4.78 is 47.1. The Hall–Kier alpha value is -1.19. The molecule has 0 bridgehead atoms. The first-order chi connectivity index (χ1) is 10.2. The molecule has 122 valence electrons. The first kappa shape index (κ1) is 17.2. The molecule has 0 spiro atoms. The largest absolute Gasteiger partial charge is 0.411 e. The van der Waals surface area contributed by atoms with E-state index in [2.05, 4.69) is 0 Å². The second kappa shape index (κ2) is 6.13. The van der Waals surface area contributed by atoms with Gasteiger partial charge in [-0.25, -0.2) is 16.8 Å². The van der Waals surface area contributed by atoms with Crippen molar-refractivity contribution in [1.29, 1.82) is 0 Å². The molecule has 2 rings (SSSR count). The predicted molar refractivity (Wildman–Crippen MR) is 80.6 cm³/mol. The molecule has 0 N–H and O–H groups in total. The molecule has 1 aliphatic carbocycles. The minimum Gasteiger partial charge on any atom is -0.262 e. The van der Waals surface area contributed by atoms with Gasteiger partial charge in [-0.3, -0.25) is 10.1 Å². The van der Waals surface area contributed by atoms with Crippen LogP contribution in [0, 0.1) is 10.1 Å². The zero-order chi connectivity index (χ0) is 16.5. The lowest BCUT2D eigenvalue weighted by Gasteiger charge is -2.16. The SMILES string of the molecule is O=[N+]([O-])C(S(=O)(=O)c1cccc(Cl)c1)S(=O)(=O)C1CCCC1. The van der Waals surface area contributed by atoms with E-state index in [9.17, 15) is 26.9 Å². The van der Waals surface area contributed by atoms with E-state index in [0.717, 1.165) is 12.1 Å². The second-order valence-electron chi connectivity index (χ2n) is 5.09. The van der Waals surface area contributed by atoms with E-state index < -0.39 is 39.4 Å². The fraction of sp³-hybridized carbons (Fsp3) is 0.500. The van der Waals surface area contributed by atoms with E-state index in [-0.39, 0.29) is 17.9 Å². The Morgan fingerprint density at radius 2 is 1.77 bits per heavy atom. The molecule has 22 heavy (non-hydrogen) atoms. The highest BCUT2D eigenvalue weighted by atomic mass is 35.5. The molecule has 10 heteroatoms. The van der Waals surface area contributed by atoms with E-state index in [4.69, 9.17) is 11.6 Å². The molecule has 0 heterocycles. The Morgan fingerprint density at radius 3 is 2.27 bits per heavy atom. The summed E-state index contributed by atoms with van der Waals surface area (Å²) in [7, 11) is -9.14. The normalized spacial score (nSPS) is 18.2. The highest BCUT2D eigenvalue weighted by molar-refractivity contribution is 8.09. The third-order valence-electron chi connectivity index (χ3n) is 3.61. The highest BCUT2D eigenvalue weighted by Crippen LogP contribution is 2.32. The van der Waals surface area contributed by atoms with Crippen LogP contribution in [-0.4, -0.2) is 31.7 Å². The van der Waals surface area contributed by atoms with Gasteiger partial charge in [0.1, 0.15) is 0 Å². The van der Waals surface area contributed by atoms with Crippen LogP contribution in [0.15, 0.2) is 29.2 Å². The van der Waals surface area contributed by atoms with Crippen molar-refractivity contribution in [3.05, 3.63) is 39.4 Å². The van der Waals surface area contributed by atoms with E-state index in [1.807, 2.05) is 0 Å². The van der Waals surface area contributed by atoms with Crippen LogP contribution < -0.4 is 0 Å². The van der Waals surface area contributed by atoms with E-state index in [1.165, 1.54) is 12.1 Å². The topological polar surface area (TPSA) is 111 Å². The molecule has 0 radical (unpaired) electrons. The lowest BCUT2D eigenvalue weighted by molar-refractivity contribution is -0.474. The average molecular weight is 368 g/mol. The Morgan fingerprint density at radius 1 is 1.18 bits per heavy atom. The average Bonchev–Trinajstić information content (AvgIpc) is 2.91. The predicted octanol–water partition coefficient (Wildman–Crippen LogP) is 2.03. The smallest absolute Gasteiger partial charge is 0.262 e. The fourth-order valence-corrected chi connectivity index (χ4v) is 7.60. The van der Waals surface area contributed by atoms with Gasteiger partial charge in [-0.15, -0.1) is 0 Å². The number of halogens is 1. The van der Waals surface area contributed by atoms with Crippen molar-refractivity contribution in [3.63, 3.8) is 0 Å². The number of benzene rings is 1. The maximum absolute atomic E-state index is 12.4. The van der Waals surface area contributed by atoms with Gasteiger partial charge in [0.2, 0.25) is 9.84 Å². The number of nitro groups is 1. The molecule has 7 nitrogen and oxygen atoms in total. The number of rotatable bonds is 5. The number of nitrogens with zero attached hydrogens (tertiary/aromatic N) is 1. The van der Waals surface area contributed by atoms with Gasteiger partial charge in [0.25, 0.3) is 9.84 Å². The summed E-state index contributed by atoms with van der Waals surface area (Å²) in [5, 5.41) is 10.3. The van der Waals surface area contributed by atoms with Crippen LogP contribution in [0.3, 0.4) is 0 Å². The van der Waals surface area contributed by atoms with Crippen LogP contribution in [-0.2, 0) is 19.7 Å². The van der Waals surface area contributed by atoms with Crippen LogP contribution in [0.25, 0.3) is 0 Å². The van der Waals surface area contributed by atoms with Crippen molar-refractivity contribution in [2.24, 2.45) is 0 Å². The second-order valence-corrected chi connectivity index (χ2v) is 10.1. The standard InChI is InChI=1S/C12H14ClNO6S2/c13-9-4-3-7-11(8-9)22(19,20)12(14(15)16)21(17,18)10-5-1-2-6-10/h3-4,7-8,10,12H,1-2,5-6H2. The minimum absolute atomic E-state index is 0.0569. The first-order valence-electron chi connectivity index (χ1n) is 6.53. The molecule has 1 aliphatic rings. The summed E-state index contributed by atoms with van der Waals surface area (Å²) in [6.45, 7) is 0. The first-order valence-corrected chi connectivity index (χ1v) is 10.1. The zero-order valence-electron chi connectivity index (χ0n) is 11.4. The van der Waals surface area contributed by atoms with E-state index in [0.29, 0.717) is 12.8 Å². The zero-order valence-corrected chi connectivity index (χ0v) is 13.8.